The number of hydrogen-bond donors (Lipinski definition) is 0. The number of thiophene rings is 1. The molecule has 3 nitrogen and oxygen atoms in total. The molecule has 0 saturated heterocycles. The predicted octanol–water partition coefficient (Wildman–Crippen LogP) is 14.3. The molecule has 9 aromatic rings. The largest absolute Gasteiger partial charge is 0.452 e. The molecule has 8 aromatic carbocycles. The molecule has 0 atom stereocenters. The van der Waals surface area contributed by atoms with Gasteiger partial charge in [0, 0.05) is 49.5 Å². The second-order valence-electron chi connectivity index (χ2n) is 14.2. The Bertz CT molecular complexity index is 3050. The van der Waals surface area contributed by atoms with Gasteiger partial charge in [-0.3, -0.25) is 9.98 Å². The predicted molar refractivity (Wildman–Crippen MR) is 243 cm³/mol. The fourth-order valence-electron chi connectivity index (χ4n) is 8.04. The number of para-hydroxylation sites is 1. The first-order valence-electron chi connectivity index (χ1n) is 19.0. The third-order valence-corrected chi connectivity index (χ3v) is 12.1. The fourth-order valence-corrected chi connectivity index (χ4v) is 9.38. The number of allylic oxidation sites excluding steroid dienone is 1. The summed E-state index contributed by atoms with van der Waals surface area (Å²) < 4.78 is 8.89. The normalized spacial score (nSPS) is 13.8. The molecule has 0 spiro atoms. The van der Waals surface area contributed by atoms with Crippen LogP contribution in [0.3, 0.4) is 0 Å². The fraction of sp³-hybridized carbons (Fsp3) is 0.0189. The van der Waals surface area contributed by atoms with Crippen LogP contribution in [-0.2, 0) is 0 Å². The Balaban J connectivity index is 1.16. The smallest absolute Gasteiger partial charge is 0.179 e. The standard InChI is InChI=1S/C53H36N2OS/c1-54-49(51-50(55-2)43-26-12-13-27-48(43)56-51)40-25-15-23-38(29-40)37-22-14-24-39(28-37)45-31-42(35-18-8-4-9-19-35)33-47-46-32-41(34-16-6-3-7-17-34)30-44(52(46)57-53(45)47)36-20-10-5-11-21-36/h3-33H,1H2,2H3/b51-49+,55-50-. The number of rotatable bonds is 7. The summed E-state index contributed by atoms with van der Waals surface area (Å²) in [5.41, 5.74) is 15.1. The monoisotopic (exact) mass is 748 g/mol. The van der Waals surface area contributed by atoms with Crippen molar-refractivity contribution in [3.63, 3.8) is 0 Å². The highest BCUT2D eigenvalue weighted by Gasteiger charge is 2.28. The van der Waals surface area contributed by atoms with Gasteiger partial charge >= 0.3 is 0 Å². The van der Waals surface area contributed by atoms with E-state index < -0.39 is 0 Å². The summed E-state index contributed by atoms with van der Waals surface area (Å²) in [5.74, 6) is 1.39. The molecule has 270 valence electrons. The van der Waals surface area contributed by atoms with Crippen molar-refractivity contribution in [1.29, 1.82) is 0 Å². The van der Waals surface area contributed by atoms with E-state index in [2.05, 4.69) is 180 Å². The van der Waals surface area contributed by atoms with Gasteiger partial charge in [0.2, 0.25) is 0 Å². The molecule has 1 aliphatic rings. The van der Waals surface area contributed by atoms with Crippen LogP contribution in [0.25, 0.3) is 81.5 Å². The minimum absolute atomic E-state index is 0.620. The molecule has 0 unspecified atom stereocenters. The topological polar surface area (TPSA) is 34.0 Å². The quantitative estimate of drug-likeness (QED) is 0.149. The van der Waals surface area contributed by atoms with E-state index >= 15 is 0 Å². The third kappa shape index (κ3) is 6.17. The highest BCUT2D eigenvalue weighted by molar-refractivity contribution is 7.27. The van der Waals surface area contributed by atoms with E-state index in [4.69, 9.17) is 4.74 Å². The van der Waals surface area contributed by atoms with Crippen LogP contribution in [0.1, 0.15) is 11.1 Å². The van der Waals surface area contributed by atoms with Gasteiger partial charge in [0.1, 0.15) is 17.2 Å². The van der Waals surface area contributed by atoms with Gasteiger partial charge in [-0.15, -0.1) is 11.3 Å². The zero-order chi connectivity index (χ0) is 38.3. The first-order chi connectivity index (χ1) is 28.2. The highest BCUT2D eigenvalue weighted by Crippen LogP contribution is 2.48. The summed E-state index contributed by atoms with van der Waals surface area (Å²) in [7, 11) is 1.79. The van der Waals surface area contributed by atoms with Crippen LogP contribution in [0.15, 0.2) is 204 Å². The Hall–Kier alpha value is -7.14. The average Bonchev–Trinajstić information content (AvgIpc) is 3.85. The van der Waals surface area contributed by atoms with E-state index in [0.717, 1.165) is 39.3 Å². The molecule has 0 radical (unpaired) electrons. The second kappa shape index (κ2) is 14.5. The van der Waals surface area contributed by atoms with Crippen molar-refractivity contribution in [3.05, 3.63) is 205 Å². The molecular weight excluding hydrogens is 713 g/mol. The molecule has 0 N–H and O–H groups in total. The van der Waals surface area contributed by atoms with E-state index in [-0.39, 0.29) is 0 Å². The zero-order valence-electron chi connectivity index (χ0n) is 31.3. The van der Waals surface area contributed by atoms with Gasteiger partial charge in [-0.2, -0.15) is 0 Å². The van der Waals surface area contributed by atoms with Crippen molar-refractivity contribution in [1.82, 2.24) is 0 Å². The van der Waals surface area contributed by atoms with E-state index in [1.54, 1.807) is 7.05 Å². The SMILES string of the molecule is C=N/C(=C1/Oc2ccccc2/C1=N/C)c1cccc(-c2cccc(-c3cc(-c4ccccc4)cc4c3sc3c(-c5ccccc5)cc(-c5ccccc5)cc34)c2)c1. The van der Waals surface area contributed by atoms with Crippen LogP contribution < -0.4 is 4.74 Å². The highest BCUT2D eigenvalue weighted by atomic mass is 32.1. The van der Waals surface area contributed by atoms with Gasteiger partial charge in [0.25, 0.3) is 0 Å². The Morgan fingerprint density at radius 1 is 0.456 bits per heavy atom. The molecule has 0 fully saturated rings. The first kappa shape index (κ1) is 34.4. The number of fused-ring (bicyclic) bond motifs is 4. The number of nitrogens with zero attached hydrogens (tertiary/aromatic N) is 2. The molecular formula is C53H36N2OS. The molecule has 0 saturated carbocycles. The maximum Gasteiger partial charge on any atom is 0.179 e. The van der Waals surface area contributed by atoms with E-state index in [0.29, 0.717) is 11.5 Å². The molecule has 10 rings (SSSR count). The van der Waals surface area contributed by atoms with Gasteiger partial charge in [-0.05, 0) is 99.8 Å². The van der Waals surface area contributed by atoms with Crippen molar-refractivity contribution in [3.8, 4) is 61.4 Å². The van der Waals surface area contributed by atoms with E-state index in [1.165, 1.54) is 59.1 Å². The van der Waals surface area contributed by atoms with Crippen LogP contribution in [-0.4, -0.2) is 19.5 Å². The Morgan fingerprint density at radius 3 is 1.58 bits per heavy atom. The van der Waals surface area contributed by atoms with E-state index in [1.807, 2.05) is 35.6 Å². The van der Waals surface area contributed by atoms with Gasteiger partial charge in [-0.1, -0.05) is 140 Å². The lowest BCUT2D eigenvalue weighted by atomic mass is 9.92. The maximum absolute atomic E-state index is 6.34. The summed E-state index contributed by atoms with van der Waals surface area (Å²) in [6, 6.07) is 67.0. The van der Waals surface area contributed by atoms with Gasteiger partial charge in [0.15, 0.2) is 5.76 Å². The van der Waals surface area contributed by atoms with Crippen molar-refractivity contribution in [2.24, 2.45) is 9.98 Å². The van der Waals surface area contributed by atoms with Crippen molar-refractivity contribution < 1.29 is 4.74 Å². The lowest BCUT2D eigenvalue weighted by Gasteiger charge is -2.12. The molecule has 0 bridgehead atoms. The van der Waals surface area contributed by atoms with Crippen molar-refractivity contribution in [2.45, 2.75) is 0 Å². The van der Waals surface area contributed by atoms with Crippen LogP contribution in [0.5, 0.6) is 5.75 Å². The average molecular weight is 749 g/mol. The maximum atomic E-state index is 6.34. The van der Waals surface area contributed by atoms with Crippen LogP contribution in [0, 0.1) is 0 Å². The number of benzene rings is 8. The third-order valence-electron chi connectivity index (χ3n) is 10.8. The molecule has 1 aliphatic heterocycles. The molecule has 1 aromatic heterocycles. The summed E-state index contributed by atoms with van der Waals surface area (Å²) >= 11 is 1.88. The lowest BCUT2D eigenvalue weighted by molar-refractivity contribution is 0.470. The molecule has 0 amide bonds. The molecule has 2 heterocycles. The number of ether oxygens (including phenoxy) is 1. The molecule has 57 heavy (non-hydrogen) atoms. The van der Waals surface area contributed by atoms with Crippen LogP contribution in [0.4, 0.5) is 0 Å². The minimum atomic E-state index is 0.620. The number of aliphatic imine (C=N–C) groups is 2. The van der Waals surface area contributed by atoms with Gasteiger partial charge < -0.3 is 4.74 Å². The van der Waals surface area contributed by atoms with Gasteiger partial charge in [0.05, 0.1) is 0 Å². The Kier molecular flexibility index (Phi) is 8.74. The Labute approximate surface area is 336 Å². The summed E-state index contributed by atoms with van der Waals surface area (Å²) in [5, 5.41) is 2.52. The van der Waals surface area contributed by atoms with Gasteiger partial charge in [-0.25, -0.2) is 0 Å². The zero-order valence-corrected chi connectivity index (χ0v) is 32.1. The van der Waals surface area contributed by atoms with Crippen LogP contribution in [0.2, 0.25) is 0 Å². The first-order valence-corrected chi connectivity index (χ1v) is 19.9. The van der Waals surface area contributed by atoms with Crippen molar-refractivity contribution in [2.75, 3.05) is 7.05 Å². The summed E-state index contributed by atoms with van der Waals surface area (Å²) in [6.45, 7) is 3.96. The van der Waals surface area contributed by atoms with Crippen LogP contribution >= 0.6 is 11.3 Å². The minimum Gasteiger partial charge on any atom is -0.452 e. The summed E-state index contributed by atoms with van der Waals surface area (Å²) in [6.07, 6.45) is 0. The lowest BCUT2D eigenvalue weighted by Crippen LogP contribution is -2.04. The second-order valence-corrected chi connectivity index (χ2v) is 15.2. The molecule has 0 aliphatic carbocycles. The van der Waals surface area contributed by atoms with E-state index in [9.17, 15) is 0 Å². The van der Waals surface area contributed by atoms with Crippen molar-refractivity contribution >= 4 is 49.6 Å². The number of hydrogen-bond acceptors (Lipinski definition) is 4. The Morgan fingerprint density at radius 2 is 0.965 bits per heavy atom. The molecule has 4 heteroatoms. The summed E-state index contributed by atoms with van der Waals surface area (Å²) in [4.78, 5) is 9.08.